The van der Waals surface area contributed by atoms with Crippen molar-refractivity contribution in [3.05, 3.63) is 167 Å². The molecule has 0 amide bonds. The van der Waals surface area contributed by atoms with Crippen molar-refractivity contribution in [2.75, 3.05) is 0 Å². The number of benzene rings is 5. The number of nitrogens with two attached hydrogens (primary N) is 1. The van der Waals surface area contributed by atoms with Crippen molar-refractivity contribution in [1.29, 1.82) is 0 Å². The third-order valence-electron chi connectivity index (χ3n) is 7.43. The number of hydrogen-bond donors (Lipinski definition) is 1. The second-order valence-corrected chi connectivity index (χ2v) is 11.0. The lowest BCUT2D eigenvalue weighted by atomic mass is 10.0. The number of allylic oxidation sites excluding steroid dienone is 1. The highest BCUT2D eigenvalue weighted by atomic mass is 16.5. The second-order valence-electron chi connectivity index (χ2n) is 11.0. The monoisotopic (exact) mass is 583 g/mol. The van der Waals surface area contributed by atoms with E-state index in [9.17, 15) is 0 Å². The predicted octanol–water partition coefficient (Wildman–Crippen LogP) is 9.18. The summed E-state index contributed by atoms with van der Waals surface area (Å²) in [7, 11) is 0. The zero-order chi connectivity index (χ0) is 30.2. The van der Waals surface area contributed by atoms with Gasteiger partial charge in [0.25, 0.3) is 0 Å². The van der Waals surface area contributed by atoms with Gasteiger partial charge in [-0.25, -0.2) is 0 Å². The zero-order valence-electron chi connectivity index (χ0n) is 25.2. The molecule has 44 heavy (non-hydrogen) atoms. The fourth-order valence-corrected chi connectivity index (χ4v) is 4.85. The molecule has 0 aliphatic carbocycles. The highest BCUT2D eigenvalue weighted by molar-refractivity contribution is 5.56. The molecule has 0 spiro atoms. The summed E-state index contributed by atoms with van der Waals surface area (Å²) >= 11 is 0. The molecular formula is C40H41NO3. The molecule has 224 valence electrons. The van der Waals surface area contributed by atoms with Crippen LogP contribution in [0.15, 0.2) is 140 Å². The van der Waals surface area contributed by atoms with E-state index < -0.39 is 0 Å². The lowest BCUT2D eigenvalue weighted by Crippen LogP contribution is -2.20. The van der Waals surface area contributed by atoms with Gasteiger partial charge in [-0.3, -0.25) is 0 Å². The summed E-state index contributed by atoms with van der Waals surface area (Å²) in [5.41, 5.74) is 12.2. The van der Waals surface area contributed by atoms with Gasteiger partial charge in [0.05, 0.1) is 0 Å². The van der Waals surface area contributed by atoms with Gasteiger partial charge in [-0.15, -0.1) is 0 Å². The predicted molar refractivity (Wildman–Crippen MR) is 180 cm³/mol. The first-order chi connectivity index (χ1) is 21.7. The first-order valence-electron chi connectivity index (χ1n) is 15.4. The third kappa shape index (κ3) is 10.2. The fraction of sp³-hybridized carbons (Fsp3) is 0.200. The largest absolute Gasteiger partial charge is 0.489 e. The van der Waals surface area contributed by atoms with Crippen LogP contribution in [0.3, 0.4) is 0 Å². The van der Waals surface area contributed by atoms with Crippen LogP contribution in [0.5, 0.6) is 17.2 Å². The van der Waals surface area contributed by atoms with E-state index in [0.717, 1.165) is 59.6 Å². The van der Waals surface area contributed by atoms with Crippen molar-refractivity contribution in [2.45, 2.75) is 51.5 Å². The van der Waals surface area contributed by atoms with Crippen LogP contribution in [0.1, 0.15) is 47.1 Å². The highest BCUT2D eigenvalue weighted by Crippen LogP contribution is 2.31. The van der Waals surface area contributed by atoms with E-state index in [0.29, 0.717) is 19.8 Å². The summed E-state index contributed by atoms with van der Waals surface area (Å²) in [6, 6.07) is 45.2. The molecule has 2 N–H and O–H groups in total. The van der Waals surface area contributed by atoms with Crippen molar-refractivity contribution < 1.29 is 14.2 Å². The molecule has 5 aromatic rings. The Morgan fingerprint density at radius 3 is 1.66 bits per heavy atom. The summed E-state index contributed by atoms with van der Waals surface area (Å²) in [6.45, 7) is 1.54. The minimum Gasteiger partial charge on any atom is -0.489 e. The first-order valence-corrected chi connectivity index (χ1v) is 15.4. The van der Waals surface area contributed by atoms with Gasteiger partial charge < -0.3 is 19.9 Å². The lowest BCUT2D eigenvalue weighted by Gasteiger charge is -2.14. The summed E-state index contributed by atoms with van der Waals surface area (Å²) in [6.07, 6.45) is 8.08. The molecule has 4 nitrogen and oxygen atoms in total. The molecule has 1 unspecified atom stereocenters. The molecule has 4 heteroatoms. The van der Waals surface area contributed by atoms with E-state index in [1.54, 1.807) is 0 Å². The third-order valence-corrected chi connectivity index (χ3v) is 7.43. The quantitative estimate of drug-likeness (QED) is 0.126. The van der Waals surface area contributed by atoms with E-state index in [1.165, 1.54) is 11.1 Å². The van der Waals surface area contributed by atoms with Gasteiger partial charge in [0.2, 0.25) is 0 Å². The van der Waals surface area contributed by atoms with E-state index in [4.69, 9.17) is 19.9 Å². The Morgan fingerprint density at radius 1 is 0.523 bits per heavy atom. The maximum absolute atomic E-state index is 6.47. The van der Waals surface area contributed by atoms with Crippen molar-refractivity contribution in [1.82, 2.24) is 0 Å². The van der Waals surface area contributed by atoms with Gasteiger partial charge in [0, 0.05) is 6.04 Å². The average Bonchev–Trinajstić information content (AvgIpc) is 3.08. The van der Waals surface area contributed by atoms with Crippen LogP contribution in [0, 0.1) is 0 Å². The molecule has 0 saturated heterocycles. The summed E-state index contributed by atoms with van der Waals surface area (Å²) in [4.78, 5) is 0. The van der Waals surface area contributed by atoms with Crippen molar-refractivity contribution in [3.63, 3.8) is 0 Å². The van der Waals surface area contributed by atoms with Gasteiger partial charge >= 0.3 is 0 Å². The zero-order valence-corrected chi connectivity index (χ0v) is 25.2. The maximum atomic E-state index is 6.47. The van der Waals surface area contributed by atoms with Crippen LogP contribution < -0.4 is 19.9 Å². The fourth-order valence-electron chi connectivity index (χ4n) is 4.85. The molecule has 0 aromatic heterocycles. The Morgan fingerprint density at radius 2 is 1.07 bits per heavy atom. The van der Waals surface area contributed by atoms with Crippen molar-refractivity contribution in [3.8, 4) is 17.2 Å². The molecule has 5 rings (SSSR count). The minimum atomic E-state index is 0.146. The van der Waals surface area contributed by atoms with Crippen molar-refractivity contribution in [2.24, 2.45) is 5.73 Å². The smallest absolute Gasteiger partial charge is 0.162 e. The lowest BCUT2D eigenvalue weighted by molar-refractivity contribution is 0.256. The topological polar surface area (TPSA) is 53.7 Å². The molecule has 0 aliphatic heterocycles. The SMILES string of the molecule is NC(CC/C=C/c1ccc(OCc2ccccc2)c(OCc2ccccc2)c1)CCc1ccc(OCc2ccccc2)cc1. The van der Waals surface area contributed by atoms with Gasteiger partial charge in [-0.05, 0) is 77.8 Å². The van der Waals surface area contributed by atoms with Gasteiger partial charge in [0.15, 0.2) is 11.5 Å². The number of ether oxygens (including phenoxy) is 3. The molecule has 0 saturated carbocycles. The minimum absolute atomic E-state index is 0.146. The standard InChI is InChI=1S/C40H41NO3/c41-37(24-20-32-21-25-38(26-22-32)42-29-34-13-4-1-5-14-34)19-11-10-12-33-23-27-39(43-30-35-15-6-2-7-16-35)40(28-33)44-31-36-17-8-3-9-18-36/h1-10,12-18,21-23,25-28,37H,11,19-20,24,29-31,41H2/b12-10+. The number of rotatable bonds is 16. The molecule has 0 bridgehead atoms. The summed E-state index contributed by atoms with van der Waals surface area (Å²) in [5, 5.41) is 0. The van der Waals surface area contributed by atoms with Crippen LogP contribution in [-0.2, 0) is 26.2 Å². The van der Waals surface area contributed by atoms with E-state index in [2.05, 4.69) is 66.7 Å². The first kappa shape index (κ1) is 30.7. The van der Waals surface area contributed by atoms with Crippen LogP contribution in [0.2, 0.25) is 0 Å². The van der Waals surface area contributed by atoms with Crippen molar-refractivity contribution >= 4 is 6.08 Å². The Balaban J connectivity index is 1.09. The van der Waals surface area contributed by atoms with Gasteiger partial charge in [-0.2, -0.15) is 0 Å². The number of aryl methyl sites for hydroxylation is 1. The second kappa shape index (κ2) is 16.7. The normalized spacial score (nSPS) is 11.8. The van der Waals surface area contributed by atoms with Crippen LogP contribution in [-0.4, -0.2) is 6.04 Å². The Labute approximate surface area is 261 Å². The Bertz CT molecular complexity index is 1550. The van der Waals surface area contributed by atoms with Gasteiger partial charge in [0.1, 0.15) is 25.6 Å². The van der Waals surface area contributed by atoms with Crippen LogP contribution >= 0.6 is 0 Å². The van der Waals surface area contributed by atoms with Crippen LogP contribution in [0.25, 0.3) is 6.08 Å². The summed E-state index contributed by atoms with van der Waals surface area (Å²) in [5.74, 6) is 2.36. The van der Waals surface area contributed by atoms with E-state index in [-0.39, 0.29) is 6.04 Å². The van der Waals surface area contributed by atoms with E-state index >= 15 is 0 Å². The van der Waals surface area contributed by atoms with E-state index in [1.807, 2.05) is 78.9 Å². The Kier molecular flexibility index (Phi) is 11.7. The summed E-state index contributed by atoms with van der Waals surface area (Å²) < 4.78 is 18.3. The number of hydrogen-bond acceptors (Lipinski definition) is 4. The molecular weight excluding hydrogens is 542 g/mol. The highest BCUT2D eigenvalue weighted by Gasteiger charge is 2.08. The van der Waals surface area contributed by atoms with Crippen LogP contribution in [0.4, 0.5) is 0 Å². The molecule has 0 aliphatic rings. The molecule has 0 heterocycles. The average molecular weight is 584 g/mol. The molecule has 0 radical (unpaired) electrons. The molecule has 1 atom stereocenters. The molecule has 5 aromatic carbocycles. The molecule has 0 fully saturated rings. The Hall–Kier alpha value is -4.80. The van der Waals surface area contributed by atoms with Gasteiger partial charge in [-0.1, -0.05) is 121 Å². The maximum Gasteiger partial charge on any atom is 0.162 e.